The molecule has 2 aromatic carbocycles. The number of benzene rings is 2. The van der Waals surface area contributed by atoms with Crippen LogP contribution in [0, 0.1) is 5.82 Å². The summed E-state index contributed by atoms with van der Waals surface area (Å²) in [7, 11) is 3.07. The van der Waals surface area contributed by atoms with E-state index in [2.05, 4.69) is 5.43 Å². The Bertz CT molecular complexity index is 637. The molecule has 0 spiro atoms. The topological polar surface area (TPSA) is 56.5 Å². The van der Waals surface area contributed by atoms with Crippen LogP contribution >= 0.6 is 11.6 Å². The van der Waals surface area contributed by atoms with Crippen molar-refractivity contribution >= 4 is 11.6 Å². The lowest BCUT2D eigenvalue weighted by molar-refractivity contribution is 0.349. The molecule has 6 heteroatoms. The molecule has 0 amide bonds. The number of halogens is 2. The molecule has 4 nitrogen and oxygen atoms in total. The van der Waals surface area contributed by atoms with Crippen LogP contribution in [0.15, 0.2) is 36.4 Å². The Kier molecular flexibility index (Phi) is 5.01. The molecule has 1 unspecified atom stereocenters. The van der Waals surface area contributed by atoms with E-state index in [9.17, 15) is 4.39 Å². The Morgan fingerprint density at radius 2 is 1.90 bits per heavy atom. The van der Waals surface area contributed by atoms with Gasteiger partial charge in [-0.2, -0.15) is 0 Å². The van der Waals surface area contributed by atoms with Crippen molar-refractivity contribution in [3.8, 4) is 11.5 Å². The first-order valence-electron chi connectivity index (χ1n) is 6.24. The maximum Gasteiger partial charge on any atom is 0.165 e. The van der Waals surface area contributed by atoms with Gasteiger partial charge in [0, 0.05) is 10.6 Å². The summed E-state index contributed by atoms with van der Waals surface area (Å²) in [5, 5.41) is 0.407. The maximum atomic E-state index is 13.5. The summed E-state index contributed by atoms with van der Waals surface area (Å²) in [5.41, 5.74) is 3.86. The highest BCUT2D eigenvalue weighted by Crippen LogP contribution is 2.38. The third-order valence-corrected chi connectivity index (χ3v) is 3.52. The van der Waals surface area contributed by atoms with Gasteiger partial charge < -0.3 is 9.47 Å². The molecular weight excluding hydrogens is 295 g/mol. The standard InChI is InChI=1S/C15H16ClFN2O2/c1-20-13-5-3-4-10(15(13)21-2)14(19-18)11-8-9(17)6-7-12(11)16/h3-8,14,19H,18H2,1-2H3. The van der Waals surface area contributed by atoms with Gasteiger partial charge in [0.25, 0.3) is 0 Å². The number of hydrogen-bond acceptors (Lipinski definition) is 4. The first kappa shape index (κ1) is 15.6. The van der Waals surface area contributed by atoms with E-state index < -0.39 is 11.9 Å². The highest BCUT2D eigenvalue weighted by atomic mass is 35.5. The fourth-order valence-corrected chi connectivity index (χ4v) is 2.45. The molecule has 0 aliphatic rings. The summed E-state index contributed by atoms with van der Waals surface area (Å²) < 4.78 is 24.1. The number of hydrogen-bond donors (Lipinski definition) is 2. The van der Waals surface area contributed by atoms with Crippen LogP contribution in [-0.4, -0.2) is 14.2 Å². The molecule has 3 N–H and O–H groups in total. The summed E-state index contributed by atoms with van der Waals surface area (Å²) in [6.45, 7) is 0. The second-order valence-electron chi connectivity index (χ2n) is 4.35. The van der Waals surface area contributed by atoms with E-state index in [-0.39, 0.29) is 0 Å². The summed E-state index contributed by atoms with van der Waals surface area (Å²) in [6.07, 6.45) is 0. The zero-order valence-electron chi connectivity index (χ0n) is 11.7. The van der Waals surface area contributed by atoms with Gasteiger partial charge in [-0.25, -0.2) is 9.82 Å². The van der Waals surface area contributed by atoms with Gasteiger partial charge in [-0.05, 0) is 29.8 Å². The summed E-state index contributed by atoms with van der Waals surface area (Å²) >= 11 is 6.15. The van der Waals surface area contributed by atoms with Crippen molar-refractivity contribution in [3.63, 3.8) is 0 Å². The number of hydrazine groups is 1. The fourth-order valence-electron chi connectivity index (χ4n) is 2.22. The Balaban J connectivity index is 2.59. The molecule has 0 aliphatic heterocycles. The van der Waals surface area contributed by atoms with Crippen LogP contribution in [0.5, 0.6) is 11.5 Å². The second-order valence-corrected chi connectivity index (χ2v) is 4.76. The summed E-state index contributed by atoms with van der Waals surface area (Å²) in [4.78, 5) is 0. The monoisotopic (exact) mass is 310 g/mol. The number of para-hydroxylation sites is 1. The second kappa shape index (κ2) is 6.76. The normalized spacial score (nSPS) is 12.0. The van der Waals surface area contributed by atoms with Crippen LogP contribution in [0.2, 0.25) is 5.02 Å². The molecule has 0 fully saturated rings. The van der Waals surface area contributed by atoms with Crippen molar-refractivity contribution in [1.29, 1.82) is 0 Å². The Labute approximate surface area is 127 Å². The van der Waals surface area contributed by atoms with E-state index in [0.717, 1.165) is 0 Å². The molecule has 0 aliphatic carbocycles. The number of nitrogens with two attached hydrogens (primary N) is 1. The molecule has 0 saturated heterocycles. The maximum absolute atomic E-state index is 13.5. The average molecular weight is 311 g/mol. The van der Waals surface area contributed by atoms with Gasteiger partial charge in [0.15, 0.2) is 11.5 Å². The van der Waals surface area contributed by atoms with Gasteiger partial charge in [0.2, 0.25) is 0 Å². The van der Waals surface area contributed by atoms with Crippen LogP contribution in [0.1, 0.15) is 17.2 Å². The Morgan fingerprint density at radius 3 is 2.52 bits per heavy atom. The van der Waals surface area contributed by atoms with E-state index in [0.29, 0.717) is 27.6 Å². The first-order valence-corrected chi connectivity index (χ1v) is 6.62. The molecular formula is C15H16ClFN2O2. The van der Waals surface area contributed by atoms with E-state index in [4.69, 9.17) is 26.9 Å². The molecule has 0 saturated carbocycles. The predicted octanol–water partition coefficient (Wildman–Crippen LogP) is 3.05. The summed E-state index contributed by atoms with van der Waals surface area (Å²) in [5.74, 6) is 6.33. The van der Waals surface area contributed by atoms with E-state index >= 15 is 0 Å². The Morgan fingerprint density at radius 1 is 1.14 bits per heavy atom. The van der Waals surface area contributed by atoms with Gasteiger partial charge in [0.05, 0.1) is 20.3 Å². The summed E-state index contributed by atoms with van der Waals surface area (Å²) in [6, 6.07) is 8.97. The van der Waals surface area contributed by atoms with Crippen LogP contribution in [0.3, 0.4) is 0 Å². The van der Waals surface area contributed by atoms with Crippen molar-refractivity contribution in [2.75, 3.05) is 14.2 Å². The quantitative estimate of drug-likeness (QED) is 0.658. The van der Waals surface area contributed by atoms with Crippen LogP contribution in [0.4, 0.5) is 4.39 Å². The fraction of sp³-hybridized carbons (Fsp3) is 0.200. The van der Waals surface area contributed by atoms with E-state index in [1.807, 2.05) is 6.07 Å². The number of rotatable bonds is 5. The Hall–Kier alpha value is -1.82. The highest BCUT2D eigenvalue weighted by molar-refractivity contribution is 6.31. The SMILES string of the molecule is COc1cccc(C(NN)c2cc(F)ccc2Cl)c1OC. The van der Waals surface area contributed by atoms with Gasteiger partial charge in [-0.3, -0.25) is 5.84 Å². The molecule has 0 heterocycles. The lowest BCUT2D eigenvalue weighted by atomic mass is 9.97. The minimum absolute atomic E-state index is 0.392. The predicted molar refractivity (Wildman–Crippen MR) is 80.1 cm³/mol. The molecule has 2 rings (SSSR count). The lowest BCUT2D eigenvalue weighted by Crippen LogP contribution is -2.29. The largest absolute Gasteiger partial charge is 0.493 e. The van der Waals surface area contributed by atoms with Crippen molar-refractivity contribution in [3.05, 3.63) is 58.4 Å². The third kappa shape index (κ3) is 3.10. The van der Waals surface area contributed by atoms with Gasteiger partial charge in [-0.15, -0.1) is 0 Å². The zero-order valence-corrected chi connectivity index (χ0v) is 12.4. The minimum Gasteiger partial charge on any atom is -0.493 e. The highest BCUT2D eigenvalue weighted by Gasteiger charge is 2.22. The van der Waals surface area contributed by atoms with Crippen LogP contribution in [-0.2, 0) is 0 Å². The number of methoxy groups -OCH3 is 2. The molecule has 0 aromatic heterocycles. The minimum atomic E-state index is -0.529. The average Bonchev–Trinajstić information content (AvgIpc) is 2.51. The number of ether oxygens (including phenoxy) is 2. The molecule has 0 radical (unpaired) electrons. The molecule has 1 atom stereocenters. The molecule has 21 heavy (non-hydrogen) atoms. The first-order chi connectivity index (χ1) is 10.1. The van der Waals surface area contributed by atoms with Crippen molar-refractivity contribution < 1.29 is 13.9 Å². The van der Waals surface area contributed by atoms with Crippen molar-refractivity contribution in [1.82, 2.24) is 5.43 Å². The lowest BCUT2D eigenvalue weighted by Gasteiger charge is -2.22. The van der Waals surface area contributed by atoms with Crippen LogP contribution in [0.25, 0.3) is 0 Å². The van der Waals surface area contributed by atoms with Crippen LogP contribution < -0.4 is 20.7 Å². The molecule has 112 valence electrons. The zero-order chi connectivity index (χ0) is 15.4. The van der Waals surface area contributed by atoms with E-state index in [1.54, 1.807) is 19.2 Å². The van der Waals surface area contributed by atoms with E-state index in [1.165, 1.54) is 25.3 Å². The third-order valence-electron chi connectivity index (χ3n) is 3.18. The van der Waals surface area contributed by atoms with Crippen molar-refractivity contribution in [2.45, 2.75) is 6.04 Å². The van der Waals surface area contributed by atoms with Gasteiger partial charge >= 0.3 is 0 Å². The van der Waals surface area contributed by atoms with Gasteiger partial charge in [0.1, 0.15) is 5.82 Å². The van der Waals surface area contributed by atoms with Crippen molar-refractivity contribution in [2.24, 2.45) is 5.84 Å². The molecule has 0 bridgehead atoms. The smallest absolute Gasteiger partial charge is 0.165 e. The number of nitrogens with one attached hydrogen (secondary N) is 1. The molecule has 2 aromatic rings. The van der Waals surface area contributed by atoms with Gasteiger partial charge in [-0.1, -0.05) is 23.7 Å².